The summed E-state index contributed by atoms with van der Waals surface area (Å²) in [6.45, 7) is 7.73. The topological polar surface area (TPSA) is 72.9 Å². The van der Waals surface area contributed by atoms with Gasteiger partial charge in [-0.05, 0) is 45.9 Å². The molecule has 1 heterocycles. The summed E-state index contributed by atoms with van der Waals surface area (Å²) in [5.41, 5.74) is 8.19. The van der Waals surface area contributed by atoms with Crippen molar-refractivity contribution in [2.24, 2.45) is 0 Å². The van der Waals surface area contributed by atoms with Gasteiger partial charge in [0.25, 0.3) is 5.91 Å². The van der Waals surface area contributed by atoms with Gasteiger partial charge in [0, 0.05) is 17.3 Å². The Morgan fingerprint density at radius 1 is 1.33 bits per heavy atom. The summed E-state index contributed by atoms with van der Waals surface area (Å²) < 4.78 is 15.2. The Morgan fingerprint density at radius 2 is 2.00 bits per heavy atom. The number of benzene rings is 1. The SMILES string of the molecule is Cc1nn(C(C)C)c(C)c1NC(=O)c1cc(N)cc(F)c1. The van der Waals surface area contributed by atoms with Crippen molar-refractivity contribution in [1.29, 1.82) is 0 Å². The van der Waals surface area contributed by atoms with Gasteiger partial charge in [0.05, 0.1) is 17.1 Å². The van der Waals surface area contributed by atoms with E-state index in [2.05, 4.69) is 10.4 Å². The number of halogens is 1. The summed E-state index contributed by atoms with van der Waals surface area (Å²) in [6.07, 6.45) is 0. The number of carbonyl (C=O) groups is 1. The zero-order valence-corrected chi connectivity index (χ0v) is 12.6. The van der Waals surface area contributed by atoms with Gasteiger partial charge in [0.15, 0.2) is 0 Å². The first-order valence-electron chi connectivity index (χ1n) is 6.72. The van der Waals surface area contributed by atoms with Gasteiger partial charge >= 0.3 is 0 Å². The van der Waals surface area contributed by atoms with E-state index in [-0.39, 0.29) is 17.3 Å². The summed E-state index contributed by atoms with van der Waals surface area (Å²) in [7, 11) is 0. The van der Waals surface area contributed by atoms with E-state index in [1.54, 1.807) is 0 Å². The van der Waals surface area contributed by atoms with Gasteiger partial charge in [-0.15, -0.1) is 0 Å². The third-order valence-electron chi connectivity index (χ3n) is 3.23. The van der Waals surface area contributed by atoms with Crippen molar-refractivity contribution >= 4 is 17.3 Å². The Balaban J connectivity index is 2.32. The predicted octanol–water partition coefficient (Wildman–Crippen LogP) is 3.05. The van der Waals surface area contributed by atoms with Crippen LogP contribution in [-0.2, 0) is 0 Å². The molecular formula is C15H19FN4O. The molecule has 0 radical (unpaired) electrons. The highest BCUT2D eigenvalue weighted by atomic mass is 19.1. The molecule has 112 valence electrons. The first-order chi connectivity index (χ1) is 9.79. The van der Waals surface area contributed by atoms with E-state index in [1.807, 2.05) is 32.4 Å². The van der Waals surface area contributed by atoms with Crippen LogP contribution in [0.5, 0.6) is 0 Å². The molecule has 1 amide bonds. The molecule has 3 N–H and O–H groups in total. The number of carbonyl (C=O) groups excluding carboxylic acids is 1. The number of amides is 1. The quantitative estimate of drug-likeness (QED) is 0.853. The summed E-state index contributed by atoms with van der Waals surface area (Å²) in [5, 5.41) is 7.17. The maximum Gasteiger partial charge on any atom is 0.255 e. The Bertz CT molecular complexity index is 671. The van der Waals surface area contributed by atoms with Crippen LogP contribution >= 0.6 is 0 Å². The minimum Gasteiger partial charge on any atom is -0.399 e. The van der Waals surface area contributed by atoms with E-state index in [9.17, 15) is 9.18 Å². The molecule has 0 saturated carbocycles. The van der Waals surface area contributed by atoms with Crippen LogP contribution in [0.3, 0.4) is 0 Å². The zero-order valence-electron chi connectivity index (χ0n) is 12.6. The number of nitrogens with two attached hydrogens (primary N) is 1. The van der Waals surface area contributed by atoms with E-state index < -0.39 is 11.7 Å². The third-order valence-corrected chi connectivity index (χ3v) is 3.23. The summed E-state index contributed by atoms with van der Waals surface area (Å²) in [5.74, 6) is -0.942. The van der Waals surface area contributed by atoms with Crippen molar-refractivity contribution in [3.05, 3.63) is 41.0 Å². The molecule has 0 spiro atoms. The van der Waals surface area contributed by atoms with Crippen LogP contribution < -0.4 is 11.1 Å². The second kappa shape index (κ2) is 5.55. The lowest BCUT2D eigenvalue weighted by molar-refractivity contribution is 0.102. The van der Waals surface area contributed by atoms with Gasteiger partial charge < -0.3 is 11.1 Å². The lowest BCUT2D eigenvalue weighted by Gasteiger charge is -2.09. The number of aryl methyl sites for hydroxylation is 1. The van der Waals surface area contributed by atoms with Gasteiger partial charge in [0.2, 0.25) is 0 Å². The second-order valence-electron chi connectivity index (χ2n) is 5.31. The van der Waals surface area contributed by atoms with E-state index in [0.717, 1.165) is 17.5 Å². The molecule has 2 aromatic rings. The Hall–Kier alpha value is -2.37. The third kappa shape index (κ3) is 3.04. The molecule has 2 rings (SSSR count). The van der Waals surface area contributed by atoms with Gasteiger partial charge in [-0.2, -0.15) is 5.10 Å². The fourth-order valence-electron chi connectivity index (χ4n) is 2.28. The lowest BCUT2D eigenvalue weighted by atomic mass is 10.1. The predicted molar refractivity (Wildman–Crippen MR) is 80.9 cm³/mol. The number of nitrogens with zero attached hydrogens (tertiary/aromatic N) is 2. The minimum atomic E-state index is -0.536. The Morgan fingerprint density at radius 3 is 2.52 bits per heavy atom. The Kier molecular flexibility index (Phi) is 3.97. The van der Waals surface area contributed by atoms with Crippen molar-refractivity contribution in [1.82, 2.24) is 9.78 Å². The lowest BCUT2D eigenvalue weighted by Crippen LogP contribution is -2.14. The van der Waals surface area contributed by atoms with Crippen LogP contribution in [0.1, 0.15) is 41.6 Å². The number of rotatable bonds is 3. The van der Waals surface area contributed by atoms with E-state index in [4.69, 9.17) is 5.73 Å². The molecule has 0 saturated heterocycles. The average molecular weight is 290 g/mol. The normalized spacial score (nSPS) is 11.0. The average Bonchev–Trinajstić information content (AvgIpc) is 2.65. The standard InChI is InChI=1S/C15H19FN4O/c1-8(2)20-10(4)14(9(3)19-20)18-15(21)11-5-12(16)7-13(17)6-11/h5-8H,17H2,1-4H3,(H,18,21). The summed E-state index contributed by atoms with van der Waals surface area (Å²) in [4.78, 5) is 12.2. The molecule has 1 aromatic heterocycles. The fourth-order valence-corrected chi connectivity index (χ4v) is 2.28. The van der Waals surface area contributed by atoms with Gasteiger partial charge in [-0.1, -0.05) is 0 Å². The Labute approximate surface area is 123 Å². The molecule has 0 aliphatic carbocycles. The number of hydrogen-bond donors (Lipinski definition) is 2. The van der Waals surface area contributed by atoms with Crippen LogP contribution in [-0.4, -0.2) is 15.7 Å². The first-order valence-corrected chi connectivity index (χ1v) is 6.72. The molecule has 0 fully saturated rings. The molecule has 0 unspecified atom stereocenters. The fraction of sp³-hybridized carbons (Fsp3) is 0.333. The number of aromatic nitrogens is 2. The molecule has 21 heavy (non-hydrogen) atoms. The number of nitrogens with one attached hydrogen (secondary N) is 1. The van der Waals surface area contributed by atoms with Crippen LogP contribution in [0.15, 0.2) is 18.2 Å². The van der Waals surface area contributed by atoms with Crippen LogP contribution in [0.4, 0.5) is 15.8 Å². The zero-order chi connectivity index (χ0) is 15.7. The number of anilines is 2. The molecule has 0 atom stereocenters. The van der Waals surface area contributed by atoms with Crippen LogP contribution in [0, 0.1) is 19.7 Å². The van der Waals surface area contributed by atoms with Gasteiger partial charge in [-0.3, -0.25) is 9.48 Å². The van der Waals surface area contributed by atoms with E-state index in [0.29, 0.717) is 5.69 Å². The van der Waals surface area contributed by atoms with Crippen molar-refractivity contribution in [3.8, 4) is 0 Å². The first kappa shape index (κ1) is 15.0. The smallest absolute Gasteiger partial charge is 0.255 e. The summed E-state index contributed by atoms with van der Waals surface area (Å²) >= 11 is 0. The number of nitrogen functional groups attached to an aromatic ring is 1. The van der Waals surface area contributed by atoms with Crippen molar-refractivity contribution < 1.29 is 9.18 Å². The summed E-state index contributed by atoms with van der Waals surface area (Å²) in [6, 6.07) is 3.96. The van der Waals surface area contributed by atoms with E-state index in [1.165, 1.54) is 12.1 Å². The maximum atomic E-state index is 13.3. The van der Waals surface area contributed by atoms with Gasteiger partial charge in [0.1, 0.15) is 5.82 Å². The van der Waals surface area contributed by atoms with Crippen molar-refractivity contribution in [2.75, 3.05) is 11.1 Å². The van der Waals surface area contributed by atoms with Crippen molar-refractivity contribution in [2.45, 2.75) is 33.7 Å². The number of hydrogen-bond acceptors (Lipinski definition) is 3. The highest BCUT2D eigenvalue weighted by Crippen LogP contribution is 2.23. The second-order valence-corrected chi connectivity index (χ2v) is 5.31. The van der Waals surface area contributed by atoms with E-state index >= 15 is 0 Å². The monoisotopic (exact) mass is 290 g/mol. The molecule has 0 aliphatic heterocycles. The minimum absolute atomic E-state index is 0.184. The molecule has 1 aromatic carbocycles. The van der Waals surface area contributed by atoms with Gasteiger partial charge in [-0.25, -0.2) is 4.39 Å². The molecule has 0 aliphatic rings. The van der Waals surface area contributed by atoms with Crippen molar-refractivity contribution in [3.63, 3.8) is 0 Å². The highest BCUT2D eigenvalue weighted by Gasteiger charge is 2.17. The molecule has 6 heteroatoms. The largest absolute Gasteiger partial charge is 0.399 e. The molecule has 0 bridgehead atoms. The van der Waals surface area contributed by atoms with Crippen LogP contribution in [0.25, 0.3) is 0 Å². The maximum absolute atomic E-state index is 13.3. The highest BCUT2D eigenvalue weighted by molar-refractivity contribution is 6.05. The van der Waals surface area contributed by atoms with Crippen LogP contribution in [0.2, 0.25) is 0 Å². The molecule has 5 nitrogen and oxygen atoms in total. The molecular weight excluding hydrogens is 271 g/mol.